The lowest BCUT2D eigenvalue weighted by Gasteiger charge is -2.29. The van der Waals surface area contributed by atoms with Crippen molar-refractivity contribution in [2.24, 2.45) is 0 Å². The number of aliphatic hydroxyl groups is 1. The topological polar surface area (TPSA) is 23.5 Å². The second-order valence-electron chi connectivity index (χ2n) is 5.64. The van der Waals surface area contributed by atoms with Crippen LogP contribution in [0.3, 0.4) is 0 Å². The van der Waals surface area contributed by atoms with Gasteiger partial charge in [-0.2, -0.15) is 0 Å². The van der Waals surface area contributed by atoms with Gasteiger partial charge in [-0.3, -0.25) is 0 Å². The summed E-state index contributed by atoms with van der Waals surface area (Å²) in [6.07, 6.45) is 2.40. The molecule has 0 aliphatic carbocycles. The zero-order valence-electron chi connectivity index (χ0n) is 11.5. The van der Waals surface area contributed by atoms with Crippen molar-refractivity contribution in [3.63, 3.8) is 0 Å². The van der Waals surface area contributed by atoms with Crippen LogP contribution in [-0.4, -0.2) is 29.1 Å². The quantitative estimate of drug-likeness (QED) is 0.890. The fourth-order valence-corrected chi connectivity index (χ4v) is 3.25. The van der Waals surface area contributed by atoms with Crippen LogP contribution in [0.5, 0.6) is 0 Å². The monoisotopic (exact) mass is 301 g/mol. The molecule has 1 aliphatic heterocycles. The van der Waals surface area contributed by atoms with Crippen LogP contribution in [0.4, 0.5) is 0 Å². The molecule has 2 nitrogen and oxygen atoms in total. The number of hydrogen-bond acceptors (Lipinski definition) is 2. The predicted molar refractivity (Wildman–Crippen MR) is 80.9 cm³/mol. The van der Waals surface area contributed by atoms with E-state index in [1.165, 1.54) is 0 Å². The van der Waals surface area contributed by atoms with Gasteiger partial charge in [-0.25, -0.2) is 0 Å². The van der Waals surface area contributed by atoms with Crippen molar-refractivity contribution < 1.29 is 5.11 Å². The molecule has 4 heteroatoms. The molecular weight excluding hydrogens is 281 g/mol. The third-order valence-corrected chi connectivity index (χ3v) is 4.57. The van der Waals surface area contributed by atoms with E-state index in [0.717, 1.165) is 31.5 Å². The van der Waals surface area contributed by atoms with Crippen LogP contribution in [0.1, 0.15) is 38.7 Å². The molecule has 0 saturated carbocycles. The summed E-state index contributed by atoms with van der Waals surface area (Å²) in [7, 11) is 0. The summed E-state index contributed by atoms with van der Waals surface area (Å²) in [5.41, 5.74) is -0.0849. The van der Waals surface area contributed by atoms with E-state index >= 15 is 0 Å². The normalized spacial score (nSPS) is 25.6. The van der Waals surface area contributed by atoms with E-state index in [2.05, 4.69) is 18.7 Å². The highest BCUT2D eigenvalue weighted by Crippen LogP contribution is 2.38. The first kappa shape index (κ1) is 15.1. The molecule has 0 spiro atoms. The summed E-state index contributed by atoms with van der Waals surface area (Å²) in [6, 6.07) is 5.84. The van der Waals surface area contributed by atoms with E-state index in [1.807, 2.05) is 0 Å². The minimum atomic E-state index is -0.856. The van der Waals surface area contributed by atoms with Gasteiger partial charge in [0.1, 0.15) is 0 Å². The molecule has 1 aromatic carbocycles. The summed E-state index contributed by atoms with van der Waals surface area (Å²) in [6.45, 7) is 6.29. The molecule has 1 heterocycles. The first-order valence-corrected chi connectivity index (χ1v) is 7.60. The molecular formula is C15H21Cl2NO. The van der Waals surface area contributed by atoms with E-state index in [0.29, 0.717) is 22.5 Å². The fourth-order valence-electron chi connectivity index (χ4n) is 2.78. The molecule has 0 aromatic heterocycles. The summed E-state index contributed by atoms with van der Waals surface area (Å²) in [4.78, 5) is 2.40. The molecule has 0 radical (unpaired) electrons. The fraction of sp³-hybridized carbons (Fsp3) is 0.600. The molecule has 2 rings (SSSR count). The van der Waals surface area contributed by atoms with Crippen LogP contribution in [0, 0.1) is 0 Å². The Morgan fingerprint density at radius 1 is 1.21 bits per heavy atom. The van der Waals surface area contributed by atoms with Gasteiger partial charge in [-0.1, -0.05) is 23.2 Å². The van der Waals surface area contributed by atoms with Crippen LogP contribution in [0.2, 0.25) is 10.0 Å². The minimum Gasteiger partial charge on any atom is -0.385 e. The van der Waals surface area contributed by atoms with Gasteiger partial charge in [0.05, 0.1) is 5.60 Å². The highest BCUT2D eigenvalue weighted by Gasteiger charge is 2.34. The molecule has 106 valence electrons. The summed E-state index contributed by atoms with van der Waals surface area (Å²) >= 11 is 12.3. The second kappa shape index (κ2) is 6.01. The van der Waals surface area contributed by atoms with Crippen LogP contribution in [-0.2, 0) is 5.60 Å². The number of likely N-dealkylation sites (tertiary alicyclic amines) is 1. The van der Waals surface area contributed by atoms with Crippen LogP contribution in [0.25, 0.3) is 0 Å². The number of halogens is 2. The number of benzene rings is 1. The van der Waals surface area contributed by atoms with Gasteiger partial charge in [-0.15, -0.1) is 0 Å². The van der Waals surface area contributed by atoms with E-state index < -0.39 is 5.60 Å². The summed E-state index contributed by atoms with van der Waals surface area (Å²) < 4.78 is 0. The van der Waals surface area contributed by atoms with Gasteiger partial charge in [-0.05, 0) is 57.9 Å². The van der Waals surface area contributed by atoms with E-state index in [1.54, 1.807) is 18.2 Å². The standard InChI is InChI=1S/C15H21Cl2NO/c1-11(2)18-8-3-6-15(19,7-9-18)13-10-12(16)4-5-14(13)17/h4-5,10-11,19H,3,6-9H2,1-2H3. The van der Waals surface area contributed by atoms with Crippen molar-refractivity contribution >= 4 is 23.2 Å². The van der Waals surface area contributed by atoms with Gasteiger partial charge in [0, 0.05) is 28.2 Å². The number of rotatable bonds is 2. The van der Waals surface area contributed by atoms with Crippen molar-refractivity contribution in [1.29, 1.82) is 0 Å². The Morgan fingerprint density at radius 3 is 2.63 bits per heavy atom. The lowest BCUT2D eigenvalue weighted by molar-refractivity contribution is 0.0205. The first-order valence-electron chi connectivity index (χ1n) is 6.84. The third kappa shape index (κ3) is 3.43. The number of hydrogen-bond donors (Lipinski definition) is 1. The summed E-state index contributed by atoms with van der Waals surface area (Å²) in [5, 5.41) is 12.2. The summed E-state index contributed by atoms with van der Waals surface area (Å²) in [5.74, 6) is 0. The van der Waals surface area contributed by atoms with Crippen LogP contribution < -0.4 is 0 Å². The van der Waals surface area contributed by atoms with Crippen molar-refractivity contribution in [3.8, 4) is 0 Å². The van der Waals surface area contributed by atoms with Gasteiger partial charge >= 0.3 is 0 Å². The Morgan fingerprint density at radius 2 is 1.95 bits per heavy atom. The maximum Gasteiger partial charge on any atom is 0.0924 e. The average molecular weight is 302 g/mol. The minimum absolute atomic E-state index is 0.511. The van der Waals surface area contributed by atoms with E-state index in [-0.39, 0.29) is 0 Å². The second-order valence-corrected chi connectivity index (χ2v) is 6.48. The Kier molecular flexibility index (Phi) is 4.78. The highest BCUT2D eigenvalue weighted by molar-refractivity contribution is 6.33. The number of nitrogens with zero attached hydrogens (tertiary/aromatic N) is 1. The molecule has 1 aliphatic rings. The maximum atomic E-state index is 11.0. The Bertz CT molecular complexity index is 450. The lowest BCUT2D eigenvalue weighted by Crippen LogP contribution is -2.33. The van der Waals surface area contributed by atoms with Crippen molar-refractivity contribution in [2.75, 3.05) is 13.1 Å². The van der Waals surface area contributed by atoms with Crippen LogP contribution >= 0.6 is 23.2 Å². The molecule has 1 atom stereocenters. The Balaban J connectivity index is 2.25. The molecule has 19 heavy (non-hydrogen) atoms. The largest absolute Gasteiger partial charge is 0.385 e. The molecule has 1 aromatic rings. The van der Waals surface area contributed by atoms with Gasteiger partial charge < -0.3 is 10.0 Å². The molecule has 1 saturated heterocycles. The van der Waals surface area contributed by atoms with Crippen molar-refractivity contribution in [3.05, 3.63) is 33.8 Å². The van der Waals surface area contributed by atoms with E-state index in [9.17, 15) is 5.11 Å². The average Bonchev–Trinajstić information content (AvgIpc) is 2.55. The lowest BCUT2D eigenvalue weighted by atomic mass is 9.87. The van der Waals surface area contributed by atoms with Crippen molar-refractivity contribution in [2.45, 2.75) is 44.8 Å². The first-order chi connectivity index (χ1) is 8.92. The molecule has 1 unspecified atom stereocenters. The predicted octanol–water partition coefficient (Wildman–Crippen LogP) is 4.08. The molecule has 1 N–H and O–H groups in total. The van der Waals surface area contributed by atoms with E-state index in [4.69, 9.17) is 23.2 Å². The molecule has 1 fully saturated rings. The smallest absolute Gasteiger partial charge is 0.0924 e. The SMILES string of the molecule is CC(C)N1CCCC(O)(c2cc(Cl)ccc2Cl)CC1. The van der Waals surface area contributed by atoms with Gasteiger partial charge in [0.25, 0.3) is 0 Å². The Labute approximate surface area is 125 Å². The highest BCUT2D eigenvalue weighted by atomic mass is 35.5. The molecule has 0 amide bonds. The zero-order chi connectivity index (χ0) is 14.0. The van der Waals surface area contributed by atoms with Crippen LogP contribution in [0.15, 0.2) is 18.2 Å². The Hall–Kier alpha value is -0.280. The molecule has 0 bridgehead atoms. The van der Waals surface area contributed by atoms with Crippen molar-refractivity contribution in [1.82, 2.24) is 4.90 Å². The third-order valence-electron chi connectivity index (χ3n) is 4.01. The van der Waals surface area contributed by atoms with Gasteiger partial charge in [0.15, 0.2) is 0 Å². The zero-order valence-corrected chi connectivity index (χ0v) is 13.0. The van der Waals surface area contributed by atoms with Gasteiger partial charge in [0.2, 0.25) is 0 Å². The maximum absolute atomic E-state index is 11.0.